The van der Waals surface area contributed by atoms with Crippen molar-refractivity contribution in [3.63, 3.8) is 0 Å². The van der Waals surface area contributed by atoms with Gasteiger partial charge in [-0.05, 0) is 75.9 Å². The van der Waals surface area contributed by atoms with E-state index in [1.54, 1.807) is 60.7 Å². The maximum atomic E-state index is 15.9. The molecule has 0 radical (unpaired) electrons. The van der Waals surface area contributed by atoms with Crippen molar-refractivity contribution in [2.75, 3.05) is 4.90 Å². The Bertz CT molecular complexity index is 2020. The fraction of sp³-hybridized carbons (Fsp3) is 0.103. The first-order valence-corrected chi connectivity index (χ1v) is 16.5. The van der Waals surface area contributed by atoms with Crippen LogP contribution in [0.5, 0.6) is 0 Å². The van der Waals surface area contributed by atoms with E-state index < -0.39 is 34.5 Å². The molecule has 1 saturated heterocycles. The number of rotatable bonds is 5. The van der Waals surface area contributed by atoms with Crippen LogP contribution < -0.4 is 4.90 Å². The molecule has 2 bridgehead atoms. The molecule has 0 aromatic heterocycles. The van der Waals surface area contributed by atoms with Gasteiger partial charge in [-0.2, -0.15) is 0 Å². The number of benzene rings is 5. The number of nitrogens with zero attached hydrogens (tertiary/aromatic N) is 1. The molecule has 5 aromatic rings. The Kier molecular flexibility index (Phi) is 7.02. The van der Waals surface area contributed by atoms with Gasteiger partial charge in [-0.15, -0.1) is 0 Å². The van der Waals surface area contributed by atoms with E-state index in [9.17, 15) is 0 Å². The number of imide groups is 1. The van der Waals surface area contributed by atoms with Crippen molar-refractivity contribution in [2.24, 2.45) is 11.8 Å². The van der Waals surface area contributed by atoms with Gasteiger partial charge in [0.05, 0.1) is 33.4 Å². The first-order chi connectivity index (χ1) is 22.7. The quantitative estimate of drug-likeness (QED) is 0.172. The molecule has 230 valence electrons. The highest BCUT2D eigenvalue weighted by Gasteiger charge is 2.82. The number of Topliss-reactive ketones (excluding diaryl/α,β-unsaturated/α-hetero) is 1. The van der Waals surface area contributed by atoms with Crippen molar-refractivity contribution in [1.82, 2.24) is 0 Å². The Morgan fingerprint density at radius 2 is 0.894 bits per heavy atom. The number of allylic oxidation sites excluding steroid dienone is 2. The number of halogens is 4. The minimum absolute atomic E-state index is 0.151. The van der Waals surface area contributed by atoms with Gasteiger partial charge in [-0.3, -0.25) is 14.4 Å². The summed E-state index contributed by atoms with van der Waals surface area (Å²) in [7, 11) is 0. The van der Waals surface area contributed by atoms with E-state index in [1.807, 2.05) is 60.7 Å². The zero-order chi connectivity index (χ0) is 32.7. The third-order valence-electron chi connectivity index (χ3n) is 9.87. The van der Waals surface area contributed by atoms with E-state index >= 15 is 14.4 Å². The summed E-state index contributed by atoms with van der Waals surface area (Å²) < 4.78 is 0. The second kappa shape index (κ2) is 10.9. The van der Waals surface area contributed by atoms with E-state index in [0.29, 0.717) is 37.3 Å². The second-order valence-electron chi connectivity index (χ2n) is 12.0. The fourth-order valence-corrected chi connectivity index (χ4v) is 9.00. The number of amides is 2. The van der Waals surface area contributed by atoms with Gasteiger partial charge in [0.15, 0.2) is 5.78 Å². The molecule has 2 amide bonds. The predicted molar refractivity (Wildman–Crippen MR) is 187 cm³/mol. The van der Waals surface area contributed by atoms with Crippen molar-refractivity contribution in [2.45, 2.75) is 10.8 Å². The summed E-state index contributed by atoms with van der Waals surface area (Å²) >= 11 is 25.7. The van der Waals surface area contributed by atoms with Crippen LogP contribution in [0.1, 0.15) is 22.3 Å². The zero-order valence-electron chi connectivity index (χ0n) is 24.5. The lowest BCUT2D eigenvalue weighted by Crippen LogP contribution is -2.45. The topological polar surface area (TPSA) is 54.5 Å². The van der Waals surface area contributed by atoms with Gasteiger partial charge in [0.25, 0.3) is 0 Å². The summed E-state index contributed by atoms with van der Waals surface area (Å²) in [5, 5.41) is 1.47. The SMILES string of the molecule is O=C1[C@@H]2[C@H](C(=O)N1c1ccc(Cl)cc1Cl)[C@@]1(c3ccc(Cl)cc3)C(=O)[C@@]2(c2ccc(Cl)cc2)C(c2ccccc2)=C1c1ccccc1. The molecule has 0 unspecified atom stereocenters. The summed E-state index contributed by atoms with van der Waals surface area (Å²) in [6.07, 6.45) is 0. The van der Waals surface area contributed by atoms with Crippen molar-refractivity contribution in [1.29, 1.82) is 0 Å². The number of hydrogen-bond acceptors (Lipinski definition) is 3. The number of carbonyl (C=O) groups is 3. The van der Waals surface area contributed by atoms with Crippen LogP contribution in [-0.4, -0.2) is 17.6 Å². The molecule has 47 heavy (non-hydrogen) atoms. The van der Waals surface area contributed by atoms with Crippen molar-refractivity contribution in [3.8, 4) is 0 Å². The Morgan fingerprint density at radius 1 is 0.489 bits per heavy atom. The van der Waals surface area contributed by atoms with Crippen LogP contribution in [0.25, 0.3) is 11.1 Å². The van der Waals surface area contributed by atoms with E-state index in [1.165, 1.54) is 6.07 Å². The number of ketones is 1. The third kappa shape index (κ3) is 3.99. The van der Waals surface area contributed by atoms with Crippen LogP contribution in [0.4, 0.5) is 5.69 Å². The van der Waals surface area contributed by atoms with E-state index in [4.69, 9.17) is 46.4 Å². The predicted octanol–water partition coefficient (Wildman–Crippen LogP) is 9.49. The van der Waals surface area contributed by atoms with Crippen LogP contribution in [0.3, 0.4) is 0 Å². The summed E-state index contributed by atoms with van der Waals surface area (Å²) in [6, 6.07) is 37.9. The maximum Gasteiger partial charge on any atom is 0.239 e. The number of fused-ring (bicyclic) bond motifs is 5. The largest absolute Gasteiger partial charge is 0.297 e. The molecule has 8 rings (SSSR count). The van der Waals surface area contributed by atoms with Crippen LogP contribution in [0, 0.1) is 11.8 Å². The molecule has 5 aromatic carbocycles. The molecule has 1 aliphatic heterocycles. The second-order valence-corrected chi connectivity index (χ2v) is 13.7. The Labute approximate surface area is 291 Å². The molecule has 2 aliphatic carbocycles. The first kappa shape index (κ1) is 30.2. The van der Waals surface area contributed by atoms with E-state index in [0.717, 1.165) is 16.0 Å². The van der Waals surface area contributed by atoms with Gasteiger partial charge in [-0.25, -0.2) is 4.90 Å². The number of anilines is 1. The molecule has 0 N–H and O–H groups in total. The van der Waals surface area contributed by atoms with Gasteiger partial charge in [-0.1, -0.05) is 131 Å². The Hall–Kier alpha value is -4.19. The lowest BCUT2D eigenvalue weighted by atomic mass is 9.59. The molecule has 0 spiro atoms. The van der Waals surface area contributed by atoms with Gasteiger partial charge < -0.3 is 0 Å². The zero-order valence-corrected chi connectivity index (χ0v) is 27.5. The number of carbonyl (C=O) groups excluding carboxylic acids is 3. The van der Waals surface area contributed by atoms with Crippen molar-refractivity contribution in [3.05, 3.63) is 170 Å². The van der Waals surface area contributed by atoms with E-state index in [-0.39, 0.29) is 16.5 Å². The lowest BCUT2D eigenvalue weighted by molar-refractivity contribution is -0.130. The molecule has 3 aliphatic rings. The highest BCUT2D eigenvalue weighted by atomic mass is 35.5. The molecule has 2 fully saturated rings. The smallest absolute Gasteiger partial charge is 0.239 e. The van der Waals surface area contributed by atoms with Gasteiger partial charge in [0, 0.05) is 15.1 Å². The van der Waals surface area contributed by atoms with Gasteiger partial charge in [0.1, 0.15) is 0 Å². The molecule has 8 heteroatoms. The van der Waals surface area contributed by atoms with E-state index in [2.05, 4.69) is 0 Å². The van der Waals surface area contributed by atoms with Crippen molar-refractivity contribution >= 4 is 80.8 Å². The van der Waals surface area contributed by atoms with Crippen LogP contribution in [-0.2, 0) is 25.2 Å². The highest BCUT2D eigenvalue weighted by Crippen LogP contribution is 2.74. The standard InChI is InChI=1S/C39H23Cl4NO3/c40-26-15-11-24(12-16-26)38-31(22-7-3-1-4-8-22)32(23-9-5-2-6-10-23)39(37(38)47,25-13-17-27(41)18-14-25)34-33(38)35(45)44(36(34)46)30-20-19-28(42)21-29(30)43/h1-21,33-34H/t33-,34+,38-,39-/m0/s1. The number of hydrogen-bond donors (Lipinski definition) is 0. The van der Waals surface area contributed by atoms with Crippen LogP contribution >= 0.6 is 46.4 Å². The van der Waals surface area contributed by atoms with Crippen molar-refractivity contribution < 1.29 is 14.4 Å². The molecular formula is C39H23Cl4NO3. The maximum absolute atomic E-state index is 15.9. The van der Waals surface area contributed by atoms with Crippen LogP contribution in [0.15, 0.2) is 127 Å². The summed E-state index contributed by atoms with van der Waals surface area (Å²) in [5.74, 6) is -3.47. The summed E-state index contributed by atoms with van der Waals surface area (Å²) in [4.78, 5) is 47.2. The summed E-state index contributed by atoms with van der Waals surface area (Å²) in [5.41, 5.74) is 1.13. The minimum Gasteiger partial charge on any atom is -0.297 e. The van der Waals surface area contributed by atoms with Gasteiger partial charge >= 0.3 is 0 Å². The monoisotopic (exact) mass is 693 g/mol. The molecular weight excluding hydrogens is 672 g/mol. The molecule has 1 heterocycles. The molecule has 1 saturated carbocycles. The molecule has 4 atom stereocenters. The Morgan fingerprint density at radius 3 is 1.30 bits per heavy atom. The highest BCUT2D eigenvalue weighted by molar-refractivity contribution is 6.42. The molecule has 4 nitrogen and oxygen atoms in total. The summed E-state index contributed by atoms with van der Waals surface area (Å²) in [6.45, 7) is 0. The third-order valence-corrected chi connectivity index (χ3v) is 10.9. The average molecular weight is 695 g/mol. The minimum atomic E-state index is -1.57. The Balaban J connectivity index is 1.56. The lowest BCUT2D eigenvalue weighted by Gasteiger charge is -2.39. The van der Waals surface area contributed by atoms with Gasteiger partial charge in [0.2, 0.25) is 11.8 Å². The first-order valence-electron chi connectivity index (χ1n) is 15.0. The van der Waals surface area contributed by atoms with Crippen LogP contribution in [0.2, 0.25) is 20.1 Å². The normalized spacial score (nSPS) is 24.8. The average Bonchev–Trinajstić information content (AvgIpc) is 3.58. The fourth-order valence-electron chi connectivity index (χ4n) is 8.26.